The first-order valence-corrected chi connectivity index (χ1v) is 8.37. The average molecular weight is 351 g/mol. The number of rotatable bonds is 4. The van der Waals surface area contributed by atoms with Crippen molar-refractivity contribution >= 4 is 11.6 Å². The number of nitrogens with one attached hydrogen (secondary N) is 1. The van der Waals surface area contributed by atoms with Gasteiger partial charge in [0.15, 0.2) is 0 Å². The van der Waals surface area contributed by atoms with Crippen molar-refractivity contribution in [2.45, 2.75) is 38.4 Å². The van der Waals surface area contributed by atoms with Crippen molar-refractivity contribution < 1.29 is 18.0 Å². The quantitative estimate of drug-likeness (QED) is 0.896. The van der Waals surface area contributed by atoms with Crippen LogP contribution in [-0.2, 0) is 11.3 Å². The van der Waals surface area contributed by atoms with Gasteiger partial charge in [-0.2, -0.15) is 18.3 Å². The molecule has 25 heavy (non-hydrogen) atoms. The van der Waals surface area contributed by atoms with Gasteiger partial charge in [-0.1, -0.05) is 43.2 Å². The Morgan fingerprint density at radius 1 is 1.20 bits per heavy atom. The highest BCUT2D eigenvalue weighted by atomic mass is 19.4. The zero-order valence-corrected chi connectivity index (χ0v) is 13.7. The highest BCUT2D eigenvalue weighted by Crippen LogP contribution is 2.41. The van der Waals surface area contributed by atoms with E-state index >= 15 is 0 Å². The fourth-order valence-corrected chi connectivity index (χ4v) is 3.36. The zero-order chi connectivity index (χ0) is 17.9. The van der Waals surface area contributed by atoms with E-state index in [0.29, 0.717) is 25.1 Å². The van der Waals surface area contributed by atoms with Crippen molar-refractivity contribution in [1.82, 2.24) is 9.78 Å². The van der Waals surface area contributed by atoms with Crippen molar-refractivity contribution in [2.24, 2.45) is 11.8 Å². The van der Waals surface area contributed by atoms with E-state index in [2.05, 4.69) is 10.4 Å². The van der Waals surface area contributed by atoms with Crippen molar-refractivity contribution in [1.29, 1.82) is 0 Å². The first-order chi connectivity index (χ1) is 11.9. The predicted octanol–water partition coefficient (Wildman–Crippen LogP) is 4.24. The maximum Gasteiger partial charge on any atom is 0.392 e. The van der Waals surface area contributed by atoms with E-state index in [1.807, 2.05) is 30.3 Å². The van der Waals surface area contributed by atoms with Crippen LogP contribution in [0.5, 0.6) is 0 Å². The molecule has 1 aromatic carbocycles. The van der Waals surface area contributed by atoms with E-state index in [9.17, 15) is 18.0 Å². The fraction of sp³-hybridized carbons (Fsp3) is 0.444. The Kier molecular flexibility index (Phi) is 5.11. The maximum atomic E-state index is 13.1. The molecule has 1 aromatic heterocycles. The van der Waals surface area contributed by atoms with Crippen LogP contribution in [0.2, 0.25) is 0 Å². The number of amides is 1. The van der Waals surface area contributed by atoms with Gasteiger partial charge in [-0.25, -0.2) is 0 Å². The van der Waals surface area contributed by atoms with Gasteiger partial charge in [0.25, 0.3) is 0 Å². The van der Waals surface area contributed by atoms with Gasteiger partial charge in [0.2, 0.25) is 5.91 Å². The number of carbonyl (C=O) groups excluding carboxylic acids is 1. The Morgan fingerprint density at radius 3 is 2.64 bits per heavy atom. The van der Waals surface area contributed by atoms with Crippen LogP contribution in [-0.4, -0.2) is 21.9 Å². The summed E-state index contributed by atoms with van der Waals surface area (Å²) >= 11 is 0. The number of hydrogen-bond acceptors (Lipinski definition) is 2. The molecule has 134 valence electrons. The van der Waals surface area contributed by atoms with E-state index in [4.69, 9.17) is 0 Å². The first kappa shape index (κ1) is 17.5. The van der Waals surface area contributed by atoms with Crippen LogP contribution >= 0.6 is 0 Å². The fourth-order valence-electron chi connectivity index (χ4n) is 3.36. The van der Waals surface area contributed by atoms with Gasteiger partial charge < -0.3 is 5.32 Å². The van der Waals surface area contributed by atoms with Crippen LogP contribution in [0.1, 0.15) is 31.2 Å². The molecule has 0 radical (unpaired) electrons. The Morgan fingerprint density at radius 2 is 1.92 bits per heavy atom. The third kappa shape index (κ3) is 4.41. The largest absolute Gasteiger partial charge is 0.392 e. The Bertz CT molecular complexity index is 712. The summed E-state index contributed by atoms with van der Waals surface area (Å²) in [5.74, 6) is -3.15. The number of nitrogens with zero attached hydrogens (tertiary/aromatic N) is 2. The van der Waals surface area contributed by atoms with Crippen molar-refractivity contribution in [3.05, 3.63) is 48.3 Å². The van der Waals surface area contributed by atoms with Crippen LogP contribution in [0.3, 0.4) is 0 Å². The number of anilines is 1. The van der Waals surface area contributed by atoms with E-state index in [0.717, 1.165) is 5.56 Å². The minimum Gasteiger partial charge on any atom is -0.323 e. The molecule has 1 aliphatic rings. The minimum absolute atomic E-state index is 0.0227. The summed E-state index contributed by atoms with van der Waals surface area (Å²) in [5.41, 5.74) is 1.47. The van der Waals surface area contributed by atoms with Gasteiger partial charge in [-0.15, -0.1) is 0 Å². The third-order valence-electron chi connectivity index (χ3n) is 4.61. The molecule has 7 heteroatoms. The molecule has 1 aliphatic carbocycles. The second kappa shape index (κ2) is 7.29. The van der Waals surface area contributed by atoms with Gasteiger partial charge in [0.1, 0.15) is 0 Å². The van der Waals surface area contributed by atoms with E-state index in [1.165, 1.54) is 6.20 Å². The first-order valence-electron chi connectivity index (χ1n) is 8.37. The summed E-state index contributed by atoms with van der Waals surface area (Å²) in [5, 5.41) is 6.75. The van der Waals surface area contributed by atoms with Gasteiger partial charge in [0, 0.05) is 12.1 Å². The molecule has 0 saturated heterocycles. The molecule has 2 unspecified atom stereocenters. The zero-order valence-electron chi connectivity index (χ0n) is 13.7. The van der Waals surface area contributed by atoms with Gasteiger partial charge in [-0.05, 0) is 18.4 Å². The predicted molar refractivity (Wildman–Crippen MR) is 87.9 cm³/mol. The molecular formula is C18H20F3N3O. The lowest BCUT2D eigenvalue weighted by molar-refractivity contribution is -0.197. The normalized spacial score (nSPS) is 21.1. The highest BCUT2D eigenvalue weighted by Gasteiger charge is 2.48. The van der Waals surface area contributed by atoms with Crippen molar-refractivity contribution in [3.8, 4) is 0 Å². The number of hydrogen-bond donors (Lipinski definition) is 1. The molecule has 1 saturated carbocycles. The SMILES string of the molecule is O=C(Nc1cnn(Cc2ccccc2)c1)C1CCCCC1C(F)(F)F. The van der Waals surface area contributed by atoms with E-state index in [1.54, 1.807) is 10.9 Å². The molecule has 1 N–H and O–H groups in total. The molecule has 3 rings (SSSR count). The second-order valence-electron chi connectivity index (χ2n) is 6.44. The number of benzene rings is 1. The molecule has 0 aliphatic heterocycles. The molecule has 2 aromatic rings. The van der Waals surface area contributed by atoms with Gasteiger partial charge in [0.05, 0.1) is 24.3 Å². The summed E-state index contributed by atoms with van der Waals surface area (Å²) in [4.78, 5) is 12.3. The lowest BCUT2D eigenvalue weighted by Gasteiger charge is -2.31. The topological polar surface area (TPSA) is 46.9 Å². The summed E-state index contributed by atoms with van der Waals surface area (Å²) in [6, 6.07) is 9.66. The molecule has 1 amide bonds. The molecule has 1 heterocycles. The summed E-state index contributed by atoms with van der Waals surface area (Å²) in [6.45, 7) is 0.533. The van der Waals surface area contributed by atoms with Crippen LogP contribution in [0.25, 0.3) is 0 Å². The second-order valence-corrected chi connectivity index (χ2v) is 6.44. The van der Waals surface area contributed by atoms with Crippen LogP contribution < -0.4 is 5.32 Å². The maximum absolute atomic E-state index is 13.1. The van der Waals surface area contributed by atoms with Crippen LogP contribution in [0, 0.1) is 11.8 Å². The minimum atomic E-state index is -4.33. The summed E-state index contributed by atoms with van der Waals surface area (Å²) in [7, 11) is 0. The molecule has 0 spiro atoms. The number of halogens is 3. The average Bonchev–Trinajstić information content (AvgIpc) is 3.02. The molecule has 0 bridgehead atoms. The monoisotopic (exact) mass is 351 g/mol. The summed E-state index contributed by atoms with van der Waals surface area (Å²) in [6.07, 6.45) is 0.229. The number of alkyl halides is 3. The van der Waals surface area contributed by atoms with E-state index in [-0.39, 0.29) is 12.8 Å². The van der Waals surface area contributed by atoms with Gasteiger partial charge in [-0.3, -0.25) is 9.48 Å². The highest BCUT2D eigenvalue weighted by molar-refractivity contribution is 5.92. The van der Waals surface area contributed by atoms with Crippen LogP contribution in [0.15, 0.2) is 42.7 Å². The van der Waals surface area contributed by atoms with Gasteiger partial charge >= 0.3 is 6.18 Å². The Balaban J connectivity index is 1.64. The van der Waals surface area contributed by atoms with E-state index < -0.39 is 23.9 Å². The lowest BCUT2D eigenvalue weighted by atomic mass is 9.78. The Hall–Kier alpha value is -2.31. The molecular weight excluding hydrogens is 331 g/mol. The van der Waals surface area contributed by atoms with Crippen molar-refractivity contribution in [2.75, 3.05) is 5.32 Å². The number of aromatic nitrogens is 2. The summed E-state index contributed by atoms with van der Waals surface area (Å²) < 4.78 is 41.1. The Labute approximate surface area is 144 Å². The molecule has 4 nitrogen and oxygen atoms in total. The van der Waals surface area contributed by atoms with Crippen molar-refractivity contribution in [3.63, 3.8) is 0 Å². The van der Waals surface area contributed by atoms with Crippen LogP contribution in [0.4, 0.5) is 18.9 Å². The molecule has 2 atom stereocenters. The smallest absolute Gasteiger partial charge is 0.323 e. The third-order valence-corrected chi connectivity index (χ3v) is 4.61. The standard InChI is InChI=1S/C18H20F3N3O/c19-18(20,21)16-9-5-4-8-15(16)17(25)23-14-10-22-24(12-14)11-13-6-2-1-3-7-13/h1-3,6-7,10,12,15-16H,4-5,8-9,11H2,(H,23,25). The lowest BCUT2D eigenvalue weighted by Crippen LogP contribution is -2.39. The number of carbonyl (C=O) groups is 1. The molecule has 1 fully saturated rings.